The highest BCUT2D eigenvalue weighted by Crippen LogP contribution is 2.16. The van der Waals surface area contributed by atoms with Gasteiger partial charge in [-0.15, -0.1) is 0 Å². The highest BCUT2D eigenvalue weighted by Gasteiger charge is 2.12. The molecule has 0 atom stereocenters. The third-order valence-corrected chi connectivity index (χ3v) is 3.54. The topological polar surface area (TPSA) is 104 Å². The molecule has 2 heterocycles. The normalized spacial score (nSPS) is 10.0. The molecular weight excluding hydrogens is 328 g/mol. The van der Waals surface area contributed by atoms with Gasteiger partial charge in [0.2, 0.25) is 0 Å². The Morgan fingerprint density at radius 1 is 1.15 bits per heavy atom. The largest absolute Gasteiger partial charge is 0.364 e. The second-order valence-corrected chi connectivity index (χ2v) is 5.47. The van der Waals surface area contributed by atoms with Crippen LogP contribution in [0, 0.1) is 18.3 Å². The number of carbonyl (C=O) groups is 1. The van der Waals surface area contributed by atoms with Crippen LogP contribution in [0.5, 0.6) is 0 Å². The molecular formula is C19H16N6O. The Bertz CT molecular complexity index is 965. The lowest BCUT2D eigenvalue weighted by molar-refractivity contribution is 0.102. The maximum Gasteiger partial charge on any atom is 0.274 e. The average molecular weight is 344 g/mol. The molecule has 0 bridgehead atoms. The number of carbonyl (C=O) groups excluding carboxylic acids is 1. The Kier molecular flexibility index (Phi) is 5.15. The highest BCUT2D eigenvalue weighted by atomic mass is 16.1. The number of hydrogen-bond acceptors (Lipinski definition) is 6. The number of amides is 1. The van der Waals surface area contributed by atoms with Gasteiger partial charge in [0.05, 0.1) is 23.5 Å². The summed E-state index contributed by atoms with van der Waals surface area (Å²) >= 11 is 0. The quantitative estimate of drug-likeness (QED) is 0.737. The van der Waals surface area contributed by atoms with E-state index < -0.39 is 5.91 Å². The van der Waals surface area contributed by atoms with Crippen LogP contribution in [0.4, 0.5) is 11.5 Å². The number of nitrogens with zero attached hydrogens (tertiary/aromatic N) is 4. The number of aromatic nitrogens is 3. The molecule has 0 aliphatic heterocycles. The first-order valence-corrected chi connectivity index (χ1v) is 7.95. The Morgan fingerprint density at radius 2 is 1.96 bits per heavy atom. The summed E-state index contributed by atoms with van der Waals surface area (Å²) in [5.41, 5.74) is 1.91. The maximum atomic E-state index is 12.5. The third-order valence-electron chi connectivity index (χ3n) is 3.54. The molecule has 3 aromatic rings. The SMILES string of the molecule is Cc1nc(NCc2ccccn2)cc(C(=O)Nc2ccccc2C#N)n1. The summed E-state index contributed by atoms with van der Waals surface area (Å²) in [6.45, 7) is 2.20. The number of rotatable bonds is 5. The van der Waals surface area contributed by atoms with Gasteiger partial charge >= 0.3 is 0 Å². The van der Waals surface area contributed by atoms with Crippen LogP contribution in [-0.4, -0.2) is 20.9 Å². The second-order valence-electron chi connectivity index (χ2n) is 5.47. The molecule has 2 N–H and O–H groups in total. The van der Waals surface area contributed by atoms with Crippen molar-refractivity contribution in [2.24, 2.45) is 0 Å². The molecule has 0 saturated carbocycles. The molecule has 128 valence electrons. The zero-order chi connectivity index (χ0) is 18.4. The summed E-state index contributed by atoms with van der Waals surface area (Å²) in [6.07, 6.45) is 1.72. The predicted octanol–water partition coefficient (Wildman–Crippen LogP) is 2.92. The fourth-order valence-corrected chi connectivity index (χ4v) is 2.33. The van der Waals surface area contributed by atoms with Crippen molar-refractivity contribution in [3.05, 3.63) is 77.5 Å². The number of aryl methyl sites for hydroxylation is 1. The fraction of sp³-hybridized carbons (Fsp3) is 0.105. The van der Waals surface area contributed by atoms with E-state index in [2.05, 4.69) is 25.6 Å². The fourth-order valence-electron chi connectivity index (χ4n) is 2.33. The van der Waals surface area contributed by atoms with E-state index in [0.717, 1.165) is 5.69 Å². The molecule has 0 aliphatic rings. The van der Waals surface area contributed by atoms with Gasteiger partial charge in [0.25, 0.3) is 5.91 Å². The Balaban J connectivity index is 1.76. The standard InChI is InChI=1S/C19H16N6O/c1-13-23-17(19(26)25-16-8-3-2-6-14(16)11-20)10-18(24-13)22-12-15-7-4-5-9-21-15/h2-10H,12H2,1H3,(H,25,26)(H,22,23,24). The molecule has 3 rings (SSSR count). The predicted molar refractivity (Wildman–Crippen MR) is 97.4 cm³/mol. The van der Waals surface area contributed by atoms with E-state index in [1.165, 1.54) is 0 Å². The van der Waals surface area contributed by atoms with Gasteiger partial charge in [-0.2, -0.15) is 5.26 Å². The maximum absolute atomic E-state index is 12.5. The first-order valence-electron chi connectivity index (χ1n) is 7.95. The van der Waals surface area contributed by atoms with Crippen LogP contribution in [-0.2, 0) is 6.54 Å². The number of benzene rings is 1. The molecule has 7 heteroatoms. The number of hydrogen-bond donors (Lipinski definition) is 2. The van der Waals surface area contributed by atoms with Crippen molar-refractivity contribution in [1.29, 1.82) is 5.26 Å². The molecule has 1 amide bonds. The van der Waals surface area contributed by atoms with E-state index in [1.807, 2.05) is 24.3 Å². The molecule has 0 radical (unpaired) electrons. The zero-order valence-electron chi connectivity index (χ0n) is 14.1. The number of nitrogens with one attached hydrogen (secondary N) is 2. The van der Waals surface area contributed by atoms with E-state index in [9.17, 15) is 4.79 Å². The first kappa shape index (κ1) is 17.0. The van der Waals surface area contributed by atoms with Gasteiger partial charge in [-0.3, -0.25) is 9.78 Å². The lowest BCUT2D eigenvalue weighted by atomic mass is 10.2. The number of pyridine rings is 1. The lowest BCUT2D eigenvalue weighted by Gasteiger charge is -2.09. The Labute approximate surface area is 150 Å². The molecule has 1 aromatic carbocycles. The van der Waals surface area contributed by atoms with Crippen molar-refractivity contribution >= 4 is 17.4 Å². The summed E-state index contributed by atoms with van der Waals surface area (Å²) in [7, 11) is 0. The lowest BCUT2D eigenvalue weighted by Crippen LogP contribution is -2.16. The van der Waals surface area contributed by atoms with E-state index >= 15 is 0 Å². The summed E-state index contributed by atoms with van der Waals surface area (Å²) in [6, 6.07) is 16.1. The van der Waals surface area contributed by atoms with Crippen molar-refractivity contribution in [3.63, 3.8) is 0 Å². The zero-order valence-corrected chi connectivity index (χ0v) is 14.1. The number of nitriles is 1. The minimum Gasteiger partial charge on any atom is -0.364 e. The molecule has 0 unspecified atom stereocenters. The molecule has 0 aliphatic carbocycles. The first-order chi connectivity index (χ1) is 12.7. The smallest absolute Gasteiger partial charge is 0.274 e. The second kappa shape index (κ2) is 7.85. The molecule has 0 spiro atoms. The molecule has 7 nitrogen and oxygen atoms in total. The minimum absolute atomic E-state index is 0.216. The third kappa shape index (κ3) is 4.19. The van der Waals surface area contributed by atoms with Crippen LogP contribution in [0.15, 0.2) is 54.7 Å². The molecule has 26 heavy (non-hydrogen) atoms. The van der Waals surface area contributed by atoms with Crippen LogP contribution in [0.3, 0.4) is 0 Å². The van der Waals surface area contributed by atoms with E-state index in [1.54, 1.807) is 43.5 Å². The van der Waals surface area contributed by atoms with Crippen LogP contribution < -0.4 is 10.6 Å². The van der Waals surface area contributed by atoms with E-state index in [4.69, 9.17) is 5.26 Å². The van der Waals surface area contributed by atoms with Gasteiger partial charge < -0.3 is 10.6 Å². The monoisotopic (exact) mass is 344 g/mol. The summed E-state index contributed by atoms with van der Waals surface area (Å²) in [4.78, 5) is 25.2. The van der Waals surface area contributed by atoms with Crippen molar-refractivity contribution in [2.75, 3.05) is 10.6 Å². The van der Waals surface area contributed by atoms with Crippen molar-refractivity contribution in [1.82, 2.24) is 15.0 Å². The van der Waals surface area contributed by atoms with Gasteiger partial charge in [-0.1, -0.05) is 18.2 Å². The Hall–Kier alpha value is -3.79. The van der Waals surface area contributed by atoms with Crippen LogP contribution in [0.2, 0.25) is 0 Å². The van der Waals surface area contributed by atoms with E-state index in [0.29, 0.717) is 29.4 Å². The van der Waals surface area contributed by atoms with Crippen molar-refractivity contribution < 1.29 is 4.79 Å². The summed E-state index contributed by atoms with van der Waals surface area (Å²) < 4.78 is 0. The van der Waals surface area contributed by atoms with Gasteiger partial charge in [-0.25, -0.2) is 9.97 Å². The van der Waals surface area contributed by atoms with Crippen LogP contribution in [0.25, 0.3) is 0 Å². The average Bonchev–Trinajstić information content (AvgIpc) is 2.67. The van der Waals surface area contributed by atoms with Gasteiger partial charge in [0.15, 0.2) is 0 Å². The Morgan fingerprint density at radius 3 is 2.73 bits per heavy atom. The van der Waals surface area contributed by atoms with Crippen LogP contribution in [0.1, 0.15) is 27.6 Å². The molecule has 0 saturated heterocycles. The molecule has 2 aromatic heterocycles. The van der Waals surface area contributed by atoms with E-state index in [-0.39, 0.29) is 5.69 Å². The van der Waals surface area contributed by atoms with Crippen molar-refractivity contribution in [2.45, 2.75) is 13.5 Å². The van der Waals surface area contributed by atoms with Gasteiger partial charge in [0.1, 0.15) is 23.4 Å². The van der Waals surface area contributed by atoms with Crippen molar-refractivity contribution in [3.8, 4) is 6.07 Å². The summed E-state index contributed by atoms with van der Waals surface area (Å²) in [5, 5.41) is 15.0. The van der Waals surface area contributed by atoms with Crippen LogP contribution >= 0.6 is 0 Å². The highest BCUT2D eigenvalue weighted by molar-refractivity contribution is 6.03. The van der Waals surface area contributed by atoms with Gasteiger partial charge in [0, 0.05) is 12.3 Å². The molecule has 0 fully saturated rings. The number of para-hydroxylation sites is 1. The number of anilines is 2. The van der Waals surface area contributed by atoms with Gasteiger partial charge in [-0.05, 0) is 31.2 Å². The summed E-state index contributed by atoms with van der Waals surface area (Å²) in [5.74, 6) is 0.593. The minimum atomic E-state index is -0.404.